The molecule has 1 unspecified atom stereocenters. The molecule has 0 aliphatic rings. The fourth-order valence-electron chi connectivity index (χ4n) is 1.82. The normalized spacial score (nSPS) is 12.6. The summed E-state index contributed by atoms with van der Waals surface area (Å²) in [5.74, 6) is -0.160. The van der Waals surface area contributed by atoms with Crippen molar-refractivity contribution in [2.24, 2.45) is 0 Å². The van der Waals surface area contributed by atoms with Gasteiger partial charge in [0.1, 0.15) is 5.82 Å². The van der Waals surface area contributed by atoms with Gasteiger partial charge in [-0.25, -0.2) is 4.39 Å². The monoisotopic (exact) mass is 224 g/mol. The zero-order chi connectivity index (χ0) is 12.1. The van der Waals surface area contributed by atoms with Gasteiger partial charge in [0.05, 0.1) is 5.69 Å². The number of rotatable bonds is 5. The van der Waals surface area contributed by atoms with Crippen LogP contribution in [0.2, 0.25) is 0 Å². The average molecular weight is 224 g/mol. The van der Waals surface area contributed by atoms with Gasteiger partial charge in [-0.05, 0) is 31.5 Å². The third-order valence-corrected chi connectivity index (χ3v) is 2.63. The van der Waals surface area contributed by atoms with Crippen LogP contribution in [0.1, 0.15) is 31.9 Å². The number of hydrogen-bond acceptors (Lipinski definition) is 2. The van der Waals surface area contributed by atoms with Gasteiger partial charge in [-0.3, -0.25) is 0 Å². The highest BCUT2D eigenvalue weighted by Gasteiger charge is 2.14. The van der Waals surface area contributed by atoms with Crippen molar-refractivity contribution in [3.8, 4) is 0 Å². The Balaban J connectivity index is 2.98. The number of halogens is 1. The minimum absolute atomic E-state index is 0.160. The zero-order valence-electron chi connectivity index (χ0n) is 10.5. The van der Waals surface area contributed by atoms with Crippen molar-refractivity contribution in [2.45, 2.75) is 26.3 Å². The Labute approximate surface area is 97.5 Å². The molecule has 1 aromatic carbocycles. The lowest BCUT2D eigenvalue weighted by Crippen LogP contribution is -2.23. The van der Waals surface area contributed by atoms with E-state index in [-0.39, 0.29) is 11.9 Å². The summed E-state index contributed by atoms with van der Waals surface area (Å²) in [4.78, 5) is 1.83. The van der Waals surface area contributed by atoms with Gasteiger partial charge in [0.25, 0.3) is 0 Å². The summed E-state index contributed by atoms with van der Waals surface area (Å²) in [6.07, 6.45) is 1.08. The summed E-state index contributed by atoms with van der Waals surface area (Å²) in [6.45, 7) is 5.14. The standard InChI is InChI=1S/C13H21FN2/c1-5-9-15-10(2)11-7-6-8-12(14)13(11)16(3)4/h6-8,10,15H,5,9H2,1-4H3. The Hall–Kier alpha value is -1.09. The van der Waals surface area contributed by atoms with Crippen molar-refractivity contribution in [3.05, 3.63) is 29.6 Å². The molecular weight excluding hydrogens is 203 g/mol. The van der Waals surface area contributed by atoms with Crippen LogP contribution in [0.25, 0.3) is 0 Å². The molecule has 0 radical (unpaired) electrons. The number of hydrogen-bond donors (Lipinski definition) is 1. The van der Waals surface area contributed by atoms with Gasteiger partial charge in [-0.1, -0.05) is 19.1 Å². The Kier molecular flexibility index (Phi) is 4.74. The highest BCUT2D eigenvalue weighted by molar-refractivity contribution is 5.55. The van der Waals surface area contributed by atoms with Gasteiger partial charge in [-0.2, -0.15) is 0 Å². The predicted molar refractivity (Wildman–Crippen MR) is 67.4 cm³/mol. The summed E-state index contributed by atoms with van der Waals surface area (Å²) >= 11 is 0. The number of anilines is 1. The van der Waals surface area contributed by atoms with Crippen LogP contribution in [-0.2, 0) is 0 Å². The Bertz CT molecular complexity index is 337. The second kappa shape index (κ2) is 5.85. The molecule has 0 heterocycles. The van der Waals surface area contributed by atoms with E-state index in [0.717, 1.165) is 18.5 Å². The van der Waals surface area contributed by atoms with E-state index in [1.165, 1.54) is 6.07 Å². The molecule has 16 heavy (non-hydrogen) atoms. The van der Waals surface area contributed by atoms with Crippen LogP contribution in [0, 0.1) is 5.82 Å². The molecule has 0 amide bonds. The highest BCUT2D eigenvalue weighted by Crippen LogP contribution is 2.27. The van der Waals surface area contributed by atoms with Crippen LogP contribution in [0.5, 0.6) is 0 Å². The minimum atomic E-state index is -0.160. The van der Waals surface area contributed by atoms with Gasteiger partial charge in [0, 0.05) is 20.1 Å². The number of nitrogens with one attached hydrogen (secondary N) is 1. The van der Waals surface area contributed by atoms with E-state index >= 15 is 0 Å². The predicted octanol–water partition coefficient (Wildman–Crippen LogP) is 2.95. The van der Waals surface area contributed by atoms with E-state index in [2.05, 4.69) is 19.2 Å². The van der Waals surface area contributed by atoms with E-state index in [0.29, 0.717) is 5.69 Å². The van der Waals surface area contributed by atoms with Crippen LogP contribution in [0.3, 0.4) is 0 Å². The first-order chi connectivity index (χ1) is 7.57. The Morgan fingerprint density at radius 3 is 2.62 bits per heavy atom. The second-order valence-corrected chi connectivity index (χ2v) is 4.25. The lowest BCUT2D eigenvalue weighted by Gasteiger charge is -2.22. The number of nitrogens with zero attached hydrogens (tertiary/aromatic N) is 1. The fourth-order valence-corrected chi connectivity index (χ4v) is 1.82. The summed E-state index contributed by atoms with van der Waals surface area (Å²) in [6, 6.07) is 5.42. The molecule has 0 fully saturated rings. The smallest absolute Gasteiger partial charge is 0.146 e. The summed E-state index contributed by atoms with van der Waals surface area (Å²) in [7, 11) is 3.74. The van der Waals surface area contributed by atoms with Gasteiger partial charge in [-0.15, -0.1) is 0 Å². The van der Waals surface area contributed by atoms with E-state index in [4.69, 9.17) is 0 Å². The van der Waals surface area contributed by atoms with Crippen LogP contribution in [0.15, 0.2) is 18.2 Å². The van der Waals surface area contributed by atoms with Crippen molar-refractivity contribution in [1.29, 1.82) is 0 Å². The summed E-state index contributed by atoms with van der Waals surface area (Å²) in [5, 5.41) is 3.38. The minimum Gasteiger partial charge on any atom is -0.375 e. The molecule has 0 aliphatic heterocycles. The van der Waals surface area contributed by atoms with Crippen molar-refractivity contribution < 1.29 is 4.39 Å². The fraction of sp³-hybridized carbons (Fsp3) is 0.538. The molecule has 1 aromatic rings. The molecule has 1 N–H and O–H groups in total. The van der Waals surface area contributed by atoms with Crippen molar-refractivity contribution in [1.82, 2.24) is 5.32 Å². The third kappa shape index (κ3) is 2.95. The molecule has 1 rings (SSSR count). The summed E-state index contributed by atoms with van der Waals surface area (Å²) < 4.78 is 13.7. The van der Waals surface area contributed by atoms with E-state index in [1.54, 1.807) is 6.07 Å². The van der Waals surface area contributed by atoms with Gasteiger partial charge in [0.15, 0.2) is 0 Å². The molecule has 0 aliphatic carbocycles. The highest BCUT2D eigenvalue weighted by atomic mass is 19.1. The molecule has 3 heteroatoms. The molecule has 0 bridgehead atoms. The van der Waals surface area contributed by atoms with Crippen molar-refractivity contribution in [3.63, 3.8) is 0 Å². The molecule has 0 saturated heterocycles. The van der Waals surface area contributed by atoms with Gasteiger partial charge >= 0.3 is 0 Å². The lowest BCUT2D eigenvalue weighted by molar-refractivity contribution is 0.562. The van der Waals surface area contributed by atoms with Gasteiger partial charge in [0.2, 0.25) is 0 Å². The van der Waals surface area contributed by atoms with Crippen LogP contribution in [0.4, 0.5) is 10.1 Å². The van der Waals surface area contributed by atoms with Crippen LogP contribution in [-0.4, -0.2) is 20.6 Å². The maximum atomic E-state index is 13.7. The Morgan fingerprint density at radius 2 is 2.06 bits per heavy atom. The molecule has 90 valence electrons. The SMILES string of the molecule is CCCNC(C)c1cccc(F)c1N(C)C. The number of benzene rings is 1. The molecule has 2 nitrogen and oxygen atoms in total. The van der Waals surface area contributed by atoms with Gasteiger partial charge < -0.3 is 10.2 Å². The van der Waals surface area contributed by atoms with Crippen molar-refractivity contribution in [2.75, 3.05) is 25.5 Å². The molecule has 0 aromatic heterocycles. The molecule has 0 spiro atoms. The van der Waals surface area contributed by atoms with Crippen LogP contribution >= 0.6 is 0 Å². The maximum absolute atomic E-state index is 13.7. The largest absolute Gasteiger partial charge is 0.375 e. The first-order valence-electron chi connectivity index (χ1n) is 5.77. The topological polar surface area (TPSA) is 15.3 Å². The maximum Gasteiger partial charge on any atom is 0.146 e. The van der Waals surface area contributed by atoms with E-state index in [9.17, 15) is 4.39 Å². The van der Waals surface area contributed by atoms with E-state index < -0.39 is 0 Å². The molecular formula is C13H21FN2. The van der Waals surface area contributed by atoms with Crippen LogP contribution < -0.4 is 10.2 Å². The molecule has 0 saturated carbocycles. The third-order valence-electron chi connectivity index (χ3n) is 2.63. The lowest BCUT2D eigenvalue weighted by atomic mass is 10.0. The first-order valence-corrected chi connectivity index (χ1v) is 5.77. The average Bonchev–Trinajstić information content (AvgIpc) is 2.24. The zero-order valence-corrected chi connectivity index (χ0v) is 10.5. The first kappa shape index (κ1) is 13.0. The Morgan fingerprint density at radius 1 is 1.38 bits per heavy atom. The molecule has 1 atom stereocenters. The van der Waals surface area contributed by atoms with E-state index in [1.807, 2.05) is 25.1 Å². The quantitative estimate of drug-likeness (QED) is 0.827. The second-order valence-electron chi connectivity index (χ2n) is 4.25. The van der Waals surface area contributed by atoms with Crippen molar-refractivity contribution >= 4 is 5.69 Å². The summed E-state index contributed by atoms with van der Waals surface area (Å²) in [5.41, 5.74) is 1.69. The number of para-hydroxylation sites is 1.